The Balaban J connectivity index is 2.81. The number of ether oxygens (including phenoxy) is 1. The maximum atomic E-state index is 5.80. The Hall–Kier alpha value is -0.870. The fraction of sp³-hybridized carbons (Fsp3) is 0.667. The summed E-state index contributed by atoms with van der Waals surface area (Å²) in [7, 11) is 1.69. The van der Waals surface area contributed by atoms with Crippen molar-refractivity contribution in [3.63, 3.8) is 0 Å². The number of nitrogens with zero attached hydrogens (tertiary/aromatic N) is 3. The van der Waals surface area contributed by atoms with E-state index in [0.29, 0.717) is 18.4 Å². The van der Waals surface area contributed by atoms with Crippen LogP contribution in [0.5, 0.6) is 0 Å². The zero-order chi connectivity index (χ0) is 12.7. The van der Waals surface area contributed by atoms with Crippen LogP contribution in [-0.4, -0.2) is 42.7 Å². The molecule has 96 valence electrons. The van der Waals surface area contributed by atoms with Gasteiger partial charge in [0.2, 0.25) is 0 Å². The molecule has 1 aromatic heterocycles. The predicted molar refractivity (Wildman–Crippen MR) is 70.9 cm³/mol. The molecule has 0 spiro atoms. The summed E-state index contributed by atoms with van der Waals surface area (Å²) in [6.45, 7) is 6.45. The zero-order valence-corrected chi connectivity index (χ0v) is 11.4. The number of methoxy groups -OCH3 is 1. The third kappa shape index (κ3) is 4.48. The molecule has 0 aliphatic carbocycles. The van der Waals surface area contributed by atoms with Gasteiger partial charge in [0.1, 0.15) is 12.1 Å². The predicted octanol–water partition coefficient (Wildman–Crippen LogP) is 2.29. The number of halogens is 1. The molecule has 0 aliphatic heterocycles. The summed E-state index contributed by atoms with van der Waals surface area (Å²) in [6.07, 6.45) is 1.61. The molecule has 0 saturated heterocycles. The summed E-state index contributed by atoms with van der Waals surface area (Å²) in [6, 6.07) is 2.02. The zero-order valence-electron chi connectivity index (χ0n) is 10.7. The van der Waals surface area contributed by atoms with Crippen molar-refractivity contribution in [3.05, 3.63) is 18.1 Å². The summed E-state index contributed by atoms with van der Waals surface area (Å²) in [4.78, 5) is 10.7. The van der Waals surface area contributed by atoms with E-state index in [1.54, 1.807) is 13.4 Å². The van der Waals surface area contributed by atoms with Gasteiger partial charge in [-0.05, 0) is 5.92 Å². The Kier molecular flexibility index (Phi) is 6.22. The first-order chi connectivity index (χ1) is 8.19. The van der Waals surface area contributed by atoms with Gasteiger partial charge in [0.25, 0.3) is 0 Å². The van der Waals surface area contributed by atoms with E-state index in [4.69, 9.17) is 16.3 Å². The second-order valence-electron chi connectivity index (χ2n) is 4.12. The molecule has 0 atom stereocenters. The molecule has 0 saturated carbocycles. The molecule has 0 radical (unpaired) electrons. The van der Waals surface area contributed by atoms with Crippen LogP contribution < -0.4 is 4.90 Å². The number of hydrogen-bond acceptors (Lipinski definition) is 4. The lowest BCUT2D eigenvalue weighted by Gasteiger charge is -2.22. The first kappa shape index (κ1) is 14.2. The highest BCUT2D eigenvalue weighted by Gasteiger charge is 2.09. The molecule has 17 heavy (non-hydrogen) atoms. The molecule has 5 heteroatoms. The highest BCUT2D eigenvalue weighted by molar-refractivity contribution is 6.18. The molecule has 1 heterocycles. The van der Waals surface area contributed by atoms with Crippen molar-refractivity contribution in [2.75, 3.05) is 37.6 Å². The van der Waals surface area contributed by atoms with E-state index in [2.05, 4.69) is 28.7 Å². The van der Waals surface area contributed by atoms with Gasteiger partial charge < -0.3 is 9.64 Å². The van der Waals surface area contributed by atoms with Crippen molar-refractivity contribution >= 4 is 17.4 Å². The van der Waals surface area contributed by atoms with Crippen LogP contribution in [0, 0.1) is 0 Å². The lowest BCUT2D eigenvalue weighted by Crippen LogP contribution is -2.30. The van der Waals surface area contributed by atoms with Gasteiger partial charge in [0.05, 0.1) is 6.61 Å². The number of aromatic nitrogens is 2. The SMILES string of the molecule is COCCN(CCCl)c1cc(C(C)C)ncn1. The Morgan fingerprint density at radius 3 is 2.71 bits per heavy atom. The van der Waals surface area contributed by atoms with Gasteiger partial charge in [0.15, 0.2) is 0 Å². The van der Waals surface area contributed by atoms with E-state index in [1.165, 1.54) is 0 Å². The van der Waals surface area contributed by atoms with E-state index in [-0.39, 0.29) is 0 Å². The lowest BCUT2D eigenvalue weighted by molar-refractivity contribution is 0.205. The van der Waals surface area contributed by atoms with Gasteiger partial charge in [-0.2, -0.15) is 0 Å². The summed E-state index contributed by atoms with van der Waals surface area (Å²) in [5.74, 6) is 1.89. The molecule has 1 aromatic rings. The topological polar surface area (TPSA) is 38.2 Å². The van der Waals surface area contributed by atoms with Gasteiger partial charge in [-0.25, -0.2) is 9.97 Å². The molecule has 0 aliphatic rings. The van der Waals surface area contributed by atoms with Gasteiger partial charge >= 0.3 is 0 Å². The van der Waals surface area contributed by atoms with Crippen molar-refractivity contribution in [3.8, 4) is 0 Å². The second kappa shape index (κ2) is 7.45. The minimum absolute atomic E-state index is 0.400. The van der Waals surface area contributed by atoms with Crippen molar-refractivity contribution in [2.45, 2.75) is 19.8 Å². The monoisotopic (exact) mass is 257 g/mol. The van der Waals surface area contributed by atoms with E-state index >= 15 is 0 Å². The van der Waals surface area contributed by atoms with Crippen LogP contribution in [0.2, 0.25) is 0 Å². The fourth-order valence-electron chi connectivity index (χ4n) is 1.49. The highest BCUT2D eigenvalue weighted by Crippen LogP contribution is 2.16. The Morgan fingerprint density at radius 1 is 1.35 bits per heavy atom. The summed E-state index contributed by atoms with van der Waals surface area (Å²) < 4.78 is 5.09. The molecule has 0 bridgehead atoms. The normalized spacial score (nSPS) is 10.9. The van der Waals surface area contributed by atoms with Crippen molar-refractivity contribution in [1.82, 2.24) is 9.97 Å². The fourth-order valence-corrected chi connectivity index (χ4v) is 1.70. The van der Waals surface area contributed by atoms with Gasteiger partial charge in [0, 0.05) is 37.8 Å². The maximum absolute atomic E-state index is 5.80. The van der Waals surface area contributed by atoms with E-state index in [1.807, 2.05) is 6.07 Å². The molecule has 4 nitrogen and oxygen atoms in total. The van der Waals surface area contributed by atoms with Gasteiger partial charge in [-0.1, -0.05) is 13.8 Å². The molecule has 0 amide bonds. The van der Waals surface area contributed by atoms with E-state index in [9.17, 15) is 0 Å². The molecule has 0 unspecified atom stereocenters. The van der Waals surface area contributed by atoms with Gasteiger partial charge in [-0.15, -0.1) is 11.6 Å². The van der Waals surface area contributed by atoms with Crippen molar-refractivity contribution in [1.29, 1.82) is 0 Å². The molecule has 0 N–H and O–H groups in total. The first-order valence-electron chi connectivity index (χ1n) is 5.80. The second-order valence-corrected chi connectivity index (χ2v) is 4.50. The molecule has 0 aromatic carbocycles. The number of anilines is 1. The largest absolute Gasteiger partial charge is 0.383 e. The first-order valence-corrected chi connectivity index (χ1v) is 6.34. The molecule has 1 rings (SSSR count). The standard InChI is InChI=1S/C12H20ClN3O/c1-10(2)11-8-12(15-9-14-11)16(5-4-13)6-7-17-3/h8-10H,4-7H2,1-3H3. The van der Waals surface area contributed by atoms with Crippen LogP contribution in [0.1, 0.15) is 25.5 Å². The Labute approximate surface area is 108 Å². The Bertz CT molecular complexity index is 333. The summed E-state index contributed by atoms with van der Waals surface area (Å²) in [5.41, 5.74) is 1.05. The van der Waals surface area contributed by atoms with Crippen molar-refractivity contribution in [2.24, 2.45) is 0 Å². The third-order valence-electron chi connectivity index (χ3n) is 2.51. The average Bonchev–Trinajstić information content (AvgIpc) is 2.34. The molecular formula is C12H20ClN3O. The minimum atomic E-state index is 0.400. The van der Waals surface area contributed by atoms with Crippen molar-refractivity contribution < 1.29 is 4.74 Å². The van der Waals surface area contributed by atoms with Crippen LogP contribution >= 0.6 is 11.6 Å². The van der Waals surface area contributed by atoms with Crippen LogP contribution in [0.3, 0.4) is 0 Å². The Morgan fingerprint density at radius 2 is 2.12 bits per heavy atom. The smallest absolute Gasteiger partial charge is 0.132 e. The quantitative estimate of drug-likeness (QED) is 0.703. The number of rotatable bonds is 7. The maximum Gasteiger partial charge on any atom is 0.132 e. The van der Waals surface area contributed by atoms with Crippen LogP contribution in [0.15, 0.2) is 12.4 Å². The molecule has 0 fully saturated rings. The van der Waals surface area contributed by atoms with E-state index < -0.39 is 0 Å². The highest BCUT2D eigenvalue weighted by atomic mass is 35.5. The van der Waals surface area contributed by atoms with Crippen LogP contribution in [-0.2, 0) is 4.74 Å². The number of alkyl halides is 1. The summed E-state index contributed by atoms with van der Waals surface area (Å²) in [5, 5.41) is 0. The van der Waals surface area contributed by atoms with Crippen LogP contribution in [0.4, 0.5) is 5.82 Å². The van der Waals surface area contributed by atoms with Crippen LogP contribution in [0.25, 0.3) is 0 Å². The average molecular weight is 258 g/mol. The van der Waals surface area contributed by atoms with Gasteiger partial charge in [-0.3, -0.25) is 0 Å². The minimum Gasteiger partial charge on any atom is -0.383 e. The third-order valence-corrected chi connectivity index (χ3v) is 2.68. The number of hydrogen-bond donors (Lipinski definition) is 0. The summed E-state index contributed by atoms with van der Waals surface area (Å²) >= 11 is 5.80. The molecular weight excluding hydrogens is 238 g/mol. The van der Waals surface area contributed by atoms with E-state index in [0.717, 1.165) is 24.6 Å². The lowest BCUT2D eigenvalue weighted by atomic mass is 10.1.